The molecular formula is C15H19NO4S. The number of fused-ring (bicyclic) bond motifs is 1. The Kier molecular flexibility index (Phi) is 3.67. The van der Waals surface area contributed by atoms with E-state index in [0.29, 0.717) is 12.6 Å². The normalized spacial score (nSPS) is 17.0. The molecule has 114 valence electrons. The molecule has 0 N–H and O–H groups in total. The average molecular weight is 309 g/mol. The third kappa shape index (κ3) is 3.77. The Labute approximate surface area is 124 Å². The van der Waals surface area contributed by atoms with Crippen LogP contribution in [0.4, 0.5) is 0 Å². The summed E-state index contributed by atoms with van der Waals surface area (Å²) in [5.74, 6) is 0.892. The molecule has 0 amide bonds. The molecule has 1 saturated carbocycles. The summed E-state index contributed by atoms with van der Waals surface area (Å²) >= 11 is 0. The van der Waals surface area contributed by atoms with Crippen LogP contribution in [0.3, 0.4) is 0 Å². The highest BCUT2D eigenvalue weighted by Gasteiger charge is 2.23. The van der Waals surface area contributed by atoms with Crippen molar-refractivity contribution in [2.24, 2.45) is 0 Å². The fraction of sp³-hybridized carbons (Fsp3) is 0.467. The van der Waals surface area contributed by atoms with Crippen molar-refractivity contribution in [3.63, 3.8) is 0 Å². The van der Waals surface area contributed by atoms with Crippen LogP contribution < -0.4 is 4.74 Å². The molecule has 1 fully saturated rings. The first kappa shape index (κ1) is 14.4. The van der Waals surface area contributed by atoms with Crippen molar-refractivity contribution in [3.8, 4) is 5.75 Å². The Bertz CT molecular complexity index is 746. The van der Waals surface area contributed by atoms with Crippen molar-refractivity contribution in [2.75, 3.05) is 6.26 Å². The van der Waals surface area contributed by atoms with Gasteiger partial charge in [0.1, 0.15) is 5.75 Å². The Morgan fingerprint density at radius 1 is 1.33 bits per heavy atom. The minimum absolute atomic E-state index is 0.382. The minimum atomic E-state index is -3.43. The molecule has 6 heteroatoms. The maximum atomic E-state index is 11.1. The van der Waals surface area contributed by atoms with E-state index in [1.165, 1.54) is 0 Å². The molecule has 1 unspecified atom stereocenters. The van der Waals surface area contributed by atoms with Gasteiger partial charge in [-0.2, -0.15) is 8.42 Å². The molecule has 0 spiro atoms. The highest BCUT2D eigenvalue weighted by Crippen LogP contribution is 2.29. The van der Waals surface area contributed by atoms with Gasteiger partial charge in [-0.15, -0.1) is 0 Å². The zero-order valence-corrected chi connectivity index (χ0v) is 13.0. The first-order chi connectivity index (χ1) is 9.90. The number of rotatable bonds is 6. The van der Waals surface area contributed by atoms with E-state index in [-0.39, 0.29) is 0 Å². The maximum Gasteiger partial charge on any atom is 0.264 e. The van der Waals surface area contributed by atoms with Crippen LogP contribution in [0.25, 0.3) is 10.9 Å². The number of hydrogen-bond donors (Lipinski definition) is 0. The first-order valence-corrected chi connectivity index (χ1v) is 8.86. The molecule has 0 radical (unpaired) electrons. The number of ether oxygens (including phenoxy) is 1. The third-order valence-electron chi connectivity index (χ3n) is 3.36. The lowest BCUT2D eigenvalue weighted by Gasteiger charge is -2.13. The standard InChI is InChI=1S/C15H19NO4S/c1-11(20-21(2,17)18)10-16-8-7-12-9-14(5-6-15(12)16)19-13-3-4-13/h5-9,11,13H,3-4,10H2,1-2H3. The van der Waals surface area contributed by atoms with Crippen LogP contribution in [-0.4, -0.2) is 31.4 Å². The molecule has 3 rings (SSSR count). The second-order valence-electron chi connectivity index (χ2n) is 5.62. The molecule has 1 aliphatic rings. The summed E-state index contributed by atoms with van der Waals surface area (Å²) < 4.78 is 35.0. The van der Waals surface area contributed by atoms with Crippen molar-refractivity contribution in [1.29, 1.82) is 0 Å². The lowest BCUT2D eigenvalue weighted by molar-refractivity contribution is 0.211. The molecule has 0 saturated heterocycles. The van der Waals surface area contributed by atoms with Gasteiger partial charge in [0.2, 0.25) is 0 Å². The second-order valence-corrected chi connectivity index (χ2v) is 7.22. The average Bonchev–Trinajstić information content (AvgIpc) is 3.09. The van der Waals surface area contributed by atoms with Crippen LogP contribution in [0.15, 0.2) is 30.5 Å². The second kappa shape index (κ2) is 5.35. The summed E-state index contributed by atoms with van der Waals surface area (Å²) in [4.78, 5) is 0. The monoisotopic (exact) mass is 309 g/mol. The van der Waals surface area contributed by atoms with E-state index in [9.17, 15) is 8.42 Å². The zero-order chi connectivity index (χ0) is 15.0. The Hall–Kier alpha value is -1.53. The molecule has 1 atom stereocenters. The summed E-state index contributed by atoms with van der Waals surface area (Å²) in [5, 5.41) is 1.08. The highest BCUT2D eigenvalue weighted by atomic mass is 32.2. The van der Waals surface area contributed by atoms with Crippen molar-refractivity contribution >= 4 is 21.0 Å². The molecule has 1 heterocycles. The van der Waals surface area contributed by atoms with Gasteiger partial charge in [-0.3, -0.25) is 4.18 Å². The summed E-state index contributed by atoms with van der Waals surface area (Å²) in [6.07, 6.45) is 5.26. The molecule has 1 aromatic carbocycles. The molecule has 21 heavy (non-hydrogen) atoms. The number of benzene rings is 1. The lowest BCUT2D eigenvalue weighted by Crippen LogP contribution is -2.19. The van der Waals surface area contributed by atoms with Gasteiger partial charge < -0.3 is 9.30 Å². The van der Waals surface area contributed by atoms with Crippen LogP contribution >= 0.6 is 0 Å². The lowest BCUT2D eigenvalue weighted by atomic mass is 10.2. The van der Waals surface area contributed by atoms with E-state index in [1.54, 1.807) is 6.92 Å². The van der Waals surface area contributed by atoms with Crippen LogP contribution in [0.2, 0.25) is 0 Å². The van der Waals surface area contributed by atoms with Crippen molar-refractivity contribution in [3.05, 3.63) is 30.5 Å². The van der Waals surface area contributed by atoms with Crippen molar-refractivity contribution in [1.82, 2.24) is 4.57 Å². The first-order valence-electron chi connectivity index (χ1n) is 7.04. The van der Waals surface area contributed by atoms with Crippen LogP contribution in [-0.2, 0) is 20.8 Å². The van der Waals surface area contributed by atoms with Gasteiger partial charge in [0.25, 0.3) is 10.1 Å². The van der Waals surface area contributed by atoms with E-state index in [0.717, 1.165) is 35.7 Å². The summed E-state index contributed by atoms with van der Waals surface area (Å²) in [6.45, 7) is 2.23. The van der Waals surface area contributed by atoms with Crippen molar-refractivity contribution < 1.29 is 17.3 Å². The molecule has 1 aromatic heterocycles. The topological polar surface area (TPSA) is 57.5 Å². The maximum absolute atomic E-state index is 11.1. The van der Waals surface area contributed by atoms with E-state index >= 15 is 0 Å². The fourth-order valence-corrected chi connectivity index (χ4v) is 3.05. The Morgan fingerprint density at radius 3 is 2.76 bits per heavy atom. The number of hydrogen-bond acceptors (Lipinski definition) is 4. The predicted octanol–water partition coefficient (Wildman–Crippen LogP) is 2.55. The summed E-state index contributed by atoms with van der Waals surface area (Å²) in [7, 11) is -3.43. The smallest absolute Gasteiger partial charge is 0.264 e. The molecule has 0 bridgehead atoms. The van der Waals surface area contributed by atoms with Crippen LogP contribution in [0.1, 0.15) is 19.8 Å². The molecule has 0 aliphatic heterocycles. The summed E-state index contributed by atoms with van der Waals surface area (Å²) in [6, 6.07) is 7.98. The van der Waals surface area contributed by atoms with Gasteiger partial charge in [0.15, 0.2) is 0 Å². The van der Waals surface area contributed by atoms with Gasteiger partial charge in [-0.1, -0.05) is 0 Å². The van der Waals surface area contributed by atoms with E-state index in [4.69, 9.17) is 8.92 Å². The van der Waals surface area contributed by atoms with Gasteiger partial charge >= 0.3 is 0 Å². The highest BCUT2D eigenvalue weighted by molar-refractivity contribution is 7.86. The zero-order valence-electron chi connectivity index (χ0n) is 12.2. The Balaban J connectivity index is 1.76. The van der Waals surface area contributed by atoms with Crippen molar-refractivity contribution in [2.45, 2.75) is 38.5 Å². The predicted molar refractivity (Wildman–Crippen MR) is 81.0 cm³/mol. The van der Waals surface area contributed by atoms with E-state index in [1.807, 2.05) is 35.0 Å². The van der Waals surface area contributed by atoms with E-state index in [2.05, 4.69) is 0 Å². The van der Waals surface area contributed by atoms with Gasteiger partial charge in [-0.25, -0.2) is 0 Å². The van der Waals surface area contributed by atoms with Gasteiger partial charge in [0, 0.05) is 17.1 Å². The van der Waals surface area contributed by atoms with E-state index < -0.39 is 16.2 Å². The fourth-order valence-electron chi connectivity index (χ4n) is 2.39. The molecule has 2 aromatic rings. The quantitative estimate of drug-likeness (QED) is 0.770. The molecule has 1 aliphatic carbocycles. The van der Waals surface area contributed by atoms with Crippen LogP contribution in [0, 0.1) is 0 Å². The molecular weight excluding hydrogens is 290 g/mol. The summed E-state index contributed by atoms with van der Waals surface area (Å²) in [5.41, 5.74) is 1.04. The Morgan fingerprint density at radius 2 is 2.10 bits per heavy atom. The minimum Gasteiger partial charge on any atom is -0.490 e. The SMILES string of the molecule is CC(Cn1ccc2cc(OC3CC3)ccc21)OS(C)(=O)=O. The van der Waals surface area contributed by atoms with Gasteiger partial charge in [0.05, 0.1) is 25.0 Å². The molecule has 5 nitrogen and oxygen atoms in total. The number of aromatic nitrogens is 1. The largest absolute Gasteiger partial charge is 0.490 e. The number of nitrogens with zero attached hydrogens (tertiary/aromatic N) is 1. The van der Waals surface area contributed by atoms with Crippen LogP contribution in [0.5, 0.6) is 5.75 Å². The van der Waals surface area contributed by atoms with Gasteiger partial charge in [-0.05, 0) is 44.0 Å². The third-order valence-corrected chi connectivity index (χ3v) is 4.04.